The fourth-order valence-corrected chi connectivity index (χ4v) is 2.68. The van der Waals surface area contributed by atoms with Crippen LogP contribution in [0.4, 0.5) is 5.69 Å². The van der Waals surface area contributed by atoms with Crippen molar-refractivity contribution in [2.24, 2.45) is 0 Å². The minimum Gasteiger partial charge on any atom is -0.390 e. The van der Waals surface area contributed by atoms with Crippen LogP contribution in [0.1, 0.15) is 21.8 Å². The van der Waals surface area contributed by atoms with Crippen LogP contribution in [0.15, 0.2) is 23.6 Å². The lowest BCUT2D eigenvalue weighted by Crippen LogP contribution is -2.14. The topological polar surface area (TPSA) is 62.2 Å². The highest BCUT2D eigenvalue weighted by Gasteiger charge is 2.08. The lowest BCUT2D eigenvalue weighted by atomic mass is 10.1. The molecule has 0 spiro atoms. The van der Waals surface area contributed by atoms with Gasteiger partial charge in [-0.3, -0.25) is 4.79 Å². The molecule has 0 atom stereocenters. The van der Waals surface area contributed by atoms with E-state index in [9.17, 15) is 4.79 Å². The van der Waals surface area contributed by atoms with Gasteiger partial charge in [0.05, 0.1) is 18.7 Å². The van der Waals surface area contributed by atoms with Gasteiger partial charge in [-0.1, -0.05) is 6.07 Å². The first-order valence-electron chi connectivity index (χ1n) is 5.99. The van der Waals surface area contributed by atoms with Crippen LogP contribution in [0.5, 0.6) is 0 Å². The highest BCUT2D eigenvalue weighted by molar-refractivity contribution is 7.09. The van der Waals surface area contributed by atoms with Crippen LogP contribution in [0, 0.1) is 13.8 Å². The standard InChI is InChI=1S/C14H16N2O2S/c1-9-3-10(2)5-11(4-9)15-13(18)6-14-16-12(7-17)8-19-14/h3-5,8,17H,6-7H2,1-2H3,(H,15,18). The number of nitrogens with zero attached hydrogens (tertiary/aromatic N) is 1. The van der Waals surface area contributed by atoms with Crippen LogP contribution in [-0.4, -0.2) is 16.0 Å². The highest BCUT2D eigenvalue weighted by atomic mass is 32.1. The zero-order chi connectivity index (χ0) is 13.8. The third-order valence-corrected chi connectivity index (χ3v) is 3.48. The molecular weight excluding hydrogens is 260 g/mol. The predicted molar refractivity (Wildman–Crippen MR) is 76.3 cm³/mol. The molecule has 0 saturated heterocycles. The third kappa shape index (κ3) is 3.87. The maximum Gasteiger partial charge on any atom is 0.231 e. The van der Waals surface area contributed by atoms with Gasteiger partial charge >= 0.3 is 0 Å². The molecule has 1 amide bonds. The number of carbonyl (C=O) groups excluding carboxylic acids is 1. The van der Waals surface area contributed by atoms with Crippen molar-refractivity contribution in [1.82, 2.24) is 4.98 Å². The van der Waals surface area contributed by atoms with Gasteiger partial charge in [-0.05, 0) is 37.1 Å². The quantitative estimate of drug-likeness (QED) is 0.901. The van der Waals surface area contributed by atoms with Crippen LogP contribution < -0.4 is 5.32 Å². The smallest absolute Gasteiger partial charge is 0.231 e. The summed E-state index contributed by atoms with van der Waals surface area (Å²) >= 11 is 1.39. The van der Waals surface area contributed by atoms with E-state index in [1.54, 1.807) is 5.38 Å². The van der Waals surface area contributed by atoms with Gasteiger partial charge < -0.3 is 10.4 Å². The maximum absolute atomic E-state index is 11.9. The molecule has 0 aliphatic rings. The second kappa shape index (κ2) is 5.95. The maximum atomic E-state index is 11.9. The zero-order valence-corrected chi connectivity index (χ0v) is 11.8. The number of anilines is 1. The van der Waals surface area contributed by atoms with Gasteiger partial charge in [-0.15, -0.1) is 11.3 Å². The van der Waals surface area contributed by atoms with Gasteiger partial charge in [0, 0.05) is 11.1 Å². The monoisotopic (exact) mass is 276 g/mol. The summed E-state index contributed by atoms with van der Waals surface area (Å²) in [5.74, 6) is -0.0937. The summed E-state index contributed by atoms with van der Waals surface area (Å²) in [5, 5.41) is 14.3. The number of aromatic nitrogens is 1. The first-order chi connectivity index (χ1) is 9.06. The molecule has 1 heterocycles. The minimum atomic E-state index is -0.0937. The fraction of sp³-hybridized carbons (Fsp3) is 0.286. The molecular formula is C14H16N2O2S. The first-order valence-corrected chi connectivity index (χ1v) is 6.87. The molecule has 19 heavy (non-hydrogen) atoms. The Balaban J connectivity index is 2.00. The number of rotatable bonds is 4. The lowest BCUT2D eigenvalue weighted by Gasteiger charge is -2.06. The Morgan fingerprint density at radius 1 is 1.32 bits per heavy atom. The van der Waals surface area contributed by atoms with Gasteiger partial charge in [-0.25, -0.2) is 4.98 Å². The molecule has 100 valence electrons. The predicted octanol–water partition coefficient (Wildman–Crippen LogP) is 2.43. The van der Waals surface area contributed by atoms with Crippen molar-refractivity contribution in [1.29, 1.82) is 0 Å². The minimum absolute atomic E-state index is 0.0881. The number of aliphatic hydroxyl groups is 1. The van der Waals surface area contributed by atoms with E-state index in [1.807, 2.05) is 26.0 Å². The average Bonchev–Trinajstić information content (AvgIpc) is 2.74. The summed E-state index contributed by atoms with van der Waals surface area (Å²) in [6.07, 6.45) is 0.234. The van der Waals surface area contributed by atoms with E-state index >= 15 is 0 Å². The van der Waals surface area contributed by atoms with Crippen molar-refractivity contribution in [2.75, 3.05) is 5.32 Å². The zero-order valence-electron chi connectivity index (χ0n) is 10.9. The number of aliphatic hydroxyl groups excluding tert-OH is 1. The summed E-state index contributed by atoms with van der Waals surface area (Å²) in [4.78, 5) is 16.0. The number of aryl methyl sites for hydroxylation is 2. The molecule has 4 nitrogen and oxygen atoms in total. The van der Waals surface area contributed by atoms with E-state index in [-0.39, 0.29) is 18.9 Å². The first kappa shape index (κ1) is 13.7. The molecule has 0 aliphatic carbocycles. The van der Waals surface area contributed by atoms with Crippen LogP contribution >= 0.6 is 11.3 Å². The molecule has 0 aliphatic heterocycles. The Kier molecular flexibility index (Phi) is 4.29. The van der Waals surface area contributed by atoms with E-state index in [1.165, 1.54) is 11.3 Å². The van der Waals surface area contributed by atoms with Crippen LogP contribution in [0.2, 0.25) is 0 Å². The number of hydrogen-bond donors (Lipinski definition) is 2. The lowest BCUT2D eigenvalue weighted by molar-refractivity contribution is -0.115. The molecule has 1 aromatic carbocycles. The van der Waals surface area contributed by atoms with Crippen molar-refractivity contribution < 1.29 is 9.90 Å². The summed E-state index contributed by atoms with van der Waals surface area (Å²) in [7, 11) is 0. The molecule has 2 rings (SSSR count). The van der Waals surface area contributed by atoms with Crippen LogP contribution in [-0.2, 0) is 17.8 Å². The highest BCUT2D eigenvalue weighted by Crippen LogP contribution is 2.15. The molecule has 5 heteroatoms. The molecule has 0 unspecified atom stereocenters. The number of thiazole rings is 1. The Morgan fingerprint density at radius 3 is 2.58 bits per heavy atom. The van der Waals surface area contributed by atoms with Gasteiger partial charge in [0.25, 0.3) is 0 Å². The number of amides is 1. The van der Waals surface area contributed by atoms with Crippen molar-refractivity contribution in [3.63, 3.8) is 0 Å². The van der Waals surface area contributed by atoms with Crippen LogP contribution in [0.3, 0.4) is 0 Å². The van der Waals surface area contributed by atoms with Crippen molar-refractivity contribution in [2.45, 2.75) is 26.9 Å². The SMILES string of the molecule is Cc1cc(C)cc(NC(=O)Cc2nc(CO)cs2)c1. The molecule has 1 aromatic heterocycles. The van der Waals surface area contributed by atoms with E-state index in [4.69, 9.17) is 5.11 Å². The summed E-state index contributed by atoms with van der Waals surface area (Å²) in [6.45, 7) is 3.91. The van der Waals surface area contributed by atoms with Crippen molar-refractivity contribution >= 4 is 22.9 Å². The largest absolute Gasteiger partial charge is 0.390 e. The normalized spacial score (nSPS) is 10.5. The van der Waals surface area contributed by atoms with Gasteiger partial charge in [-0.2, -0.15) is 0 Å². The molecule has 2 N–H and O–H groups in total. The molecule has 0 saturated carbocycles. The van der Waals surface area contributed by atoms with Crippen LogP contribution in [0.25, 0.3) is 0 Å². The van der Waals surface area contributed by atoms with Crippen molar-refractivity contribution in [3.05, 3.63) is 45.4 Å². The third-order valence-electron chi connectivity index (χ3n) is 2.58. The summed E-state index contributed by atoms with van der Waals surface area (Å²) < 4.78 is 0. The number of benzene rings is 1. The molecule has 2 aromatic rings. The van der Waals surface area contributed by atoms with E-state index in [0.29, 0.717) is 10.7 Å². The average molecular weight is 276 g/mol. The van der Waals surface area contributed by atoms with Crippen molar-refractivity contribution in [3.8, 4) is 0 Å². The molecule has 0 radical (unpaired) electrons. The van der Waals surface area contributed by atoms with E-state index < -0.39 is 0 Å². The van der Waals surface area contributed by atoms with Gasteiger partial charge in [0.15, 0.2) is 0 Å². The number of carbonyl (C=O) groups is 1. The second-order valence-corrected chi connectivity index (χ2v) is 5.43. The molecule has 0 bridgehead atoms. The Hall–Kier alpha value is -1.72. The Bertz CT molecular complexity index is 573. The second-order valence-electron chi connectivity index (χ2n) is 4.49. The Morgan fingerprint density at radius 2 is 2.00 bits per heavy atom. The van der Waals surface area contributed by atoms with E-state index in [0.717, 1.165) is 16.8 Å². The summed E-state index contributed by atoms with van der Waals surface area (Å²) in [5.41, 5.74) is 3.65. The van der Waals surface area contributed by atoms with E-state index in [2.05, 4.69) is 16.4 Å². The summed E-state index contributed by atoms with van der Waals surface area (Å²) in [6, 6.07) is 5.93. The number of hydrogen-bond acceptors (Lipinski definition) is 4. The van der Waals surface area contributed by atoms with Gasteiger partial charge in [0.2, 0.25) is 5.91 Å². The Labute approximate surface area is 116 Å². The fourth-order valence-electron chi connectivity index (χ4n) is 1.89. The van der Waals surface area contributed by atoms with Gasteiger partial charge in [0.1, 0.15) is 5.01 Å². The number of nitrogens with one attached hydrogen (secondary N) is 1. The molecule has 0 fully saturated rings.